The number of β-amino-alcohol motifs (C(OH)–C–C–N with tert-alkyl or cyclic N) is 1. The number of benzene rings is 1. The van der Waals surface area contributed by atoms with Gasteiger partial charge in [0.15, 0.2) is 0 Å². The first-order valence-corrected chi connectivity index (χ1v) is 8.27. The maximum absolute atomic E-state index is 10.9. The third kappa shape index (κ3) is 4.50. The third-order valence-corrected chi connectivity index (χ3v) is 4.36. The van der Waals surface area contributed by atoms with E-state index < -0.39 is 5.60 Å². The fourth-order valence-corrected chi connectivity index (χ4v) is 3.34. The van der Waals surface area contributed by atoms with E-state index in [2.05, 4.69) is 44.0 Å². The van der Waals surface area contributed by atoms with Gasteiger partial charge in [-0.1, -0.05) is 30.3 Å². The molecule has 6 heteroatoms. The maximum Gasteiger partial charge on any atom is 0.144 e. The molecule has 0 aliphatic carbocycles. The van der Waals surface area contributed by atoms with Crippen LogP contribution in [0, 0.1) is 0 Å². The van der Waals surface area contributed by atoms with Crippen molar-refractivity contribution >= 4 is 5.82 Å². The van der Waals surface area contributed by atoms with Crippen molar-refractivity contribution in [1.82, 2.24) is 19.8 Å². The van der Waals surface area contributed by atoms with Crippen molar-refractivity contribution < 1.29 is 5.11 Å². The molecule has 1 aromatic heterocycles. The van der Waals surface area contributed by atoms with Gasteiger partial charge in [-0.3, -0.25) is 9.80 Å². The predicted molar refractivity (Wildman–Crippen MR) is 94.1 cm³/mol. The summed E-state index contributed by atoms with van der Waals surface area (Å²) in [5, 5.41) is 10.9. The zero-order valence-corrected chi connectivity index (χ0v) is 14.1. The van der Waals surface area contributed by atoms with E-state index in [1.807, 2.05) is 13.1 Å². The number of likely N-dealkylation sites (tertiary alicyclic amines) is 1. The number of hydrogen-bond donors (Lipinski definition) is 2. The van der Waals surface area contributed by atoms with E-state index in [9.17, 15) is 5.11 Å². The Balaban J connectivity index is 1.53. The van der Waals surface area contributed by atoms with Crippen LogP contribution in [-0.4, -0.2) is 57.2 Å². The predicted octanol–water partition coefficient (Wildman–Crippen LogP) is 1.13. The molecule has 0 amide bonds. The third-order valence-electron chi connectivity index (χ3n) is 4.36. The molecule has 0 spiro atoms. The monoisotopic (exact) mass is 327 g/mol. The average Bonchev–Trinajstić information content (AvgIpc) is 2.88. The van der Waals surface area contributed by atoms with Gasteiger partial charge in [-0.2, -0.15) is 0 Å². The van der Waals surface area contributed by atoms with Crippen LogP contribution in [0.1, 0.15) is 17.8 Å². The molecule has 24 heavy (non-hydrogen) atoms. The molecule has 2 heterocycles. The van der Waals surface area contributed by atoms with Crippen LogP contribution in [0.15, 0.2) is 42.6 Å². The Hall–Kier alpha value is -2.02. The largest absolute Gasteiger partial charge is 0.387 e. The average molecular weight is 327 g/mol. The van der Waals surface area contributed by atoms with Gasteiger partial charge in [0.05, 0.1) is 12.1 Å². The van der Waals surface area contributed by atoms with Crippen LogP contribution in [0.3, 0.4) is 0 Å². The molecule has 3 N–H and O–H groups in total. The summed E-state index contributed by atoms with van der Waals surface area (Å²) in [6.07, 6.45) is 2.44. The smallest absolute Gasteiger partial charge is 0.144 e. The molecule has 1 aromatic carbocycles. The summed E-state index contributed by atoms with van der Waals surface area (Å²) >= 11 is 0. The van der Waals surface area contributed by atoms with E-state index in [1.54, 1.807) is 12.3 Å². The second kappa shape index (κ2) is 7.25. The lowest BCUT2D eigenvalue weighted by atomic mass is 10.0. The first-order chi connectivity index (χ1) is 11.5. The van der Waals surface area contributed by atoms with E-state index in [0.29, 0.717) is 31.3 Å². The van der Waals surface area contributed by atoms with Gasteiger partial charge >= 0.3 is 0 Å². The first kappa shape index (κ1) is 16.8. The standard InChI is InChI=1S/C18H25N5O/c1-22(12-17-20-9-7-16(19)21-17)13-18(24)8-10-23(14-18)11-15-5-3-2-4-6-15/h2-7,9,24H,8,10-14H2,1H3,(H2,19,20,21)/t18-/m0/s1. The Labute approximate surface area is 142 Å². The van der Waals surface area contributed by atoms with Gasteiger partial charge in [0.1, 0.15) is 11.6 Å². The molecule has 1 saturated heterocycles. The zero-order valence-electron chi connectivity index (χ0n) is 14.1. The minimum atomic E-state index is -0.691. The van der Waals surface area contributed by atoms with Crippen LogP contribution < -0.4 is 5.73 Å². The van der Waals surface area contributed by atoms with Gasteiger partial charge < -0.3 is 10.8 Å². The highest BCUT2D eigenvalue weighted by Crippen LogP contribution is 2.24. The number of anilines is 1. The number of aliphatic hydroxyl groups is 1. The van der Waals surface area contributed by atoms with E-state index in [4.69, 9.17) is 5.73 Å². The Morgan fingerprint density at radius 1 is 1.29 bits per heavy atom. The molecule has 0 bridgehead atoms. The lowest BCUT2D eigenvalue weighted by molar-refractivity contribution is 0.0156. The molecule has 0 radical (unpaired) electrons. The molecular formula is C18H25N5O. The van der Waals surface area contributed by atoms with Crippen LogP contribution in [0.4, 0.5) is 5.82 Å². The molecule has 3 rings (SSSR count). The van der Waals surface area contributed by atoms with E-state index in [-0.39, 0.29) is 0 Å². The van der Waals surface area contributed by atoms with Gasteiger partial charge in [0.25, 0.3) is 0 Å². The molecule has 1 fully saturated rings. The SMILES string of the molecule is CN(Cc1nccc(N)n1)C[C@@]1(O)CCN(Cc2ccccc2)C1. The van der Waals surface area contributed by atoms with Crippen molar-refractivity contribution in [2.75, 3.05) is 32.4 Å². The van der Waals surface area contributed by atoms with E-state index in [1.165, 1.54) is 5.56 Å². The van der Waals surface area contributed by atoms with Crippen molar-refractivity contribution in [3.63, 3.8) is 0 Å². The molecular weight excluding hydrogens is 302 g/mol. The molecule has 128 valence electrons. The summed E-state index contributed by atoms with van der Waals surface area (Å²) in [6.45, 7) is 3.64. The van der Waals surface area contributed by atoms with Crippen molar-refractivity contribution in [2.45, 2.75) is 25.1 Å². The molecule has 1 aliphatic heterocycles. The Morgan fingerprint density at radius 2 is 2.08 bits per heavy atom. The maximum atomic E-state index is 10.9. The molecule has 0 unspecified atom stereocenters. The number of nitrogens with two attached hydrogens (primary N) is 1. The van der Waals surface area contributed by atoms with Gasteiger partial charge in [-0.25, -0.2) is 9.97 Å². The number of nitrogens with zero attached hydrogens (tertiary/aromatic N) is 4. The van der Waals surface area contributed by atoms with Crippen LogP contribution >= 0.6 is 0 Å². The van der Waals surface area contributed by atoms with Gasteiger partial charge in [-0.05, 0) is 25.1 Å². The second-order valence-corrected chi connectivity index (χ2v) is 6.74. The lowest BCUT2D eigenvalue weighted by Gasteiger charge is -2.28. The molecule has 1 atom stereocenters. The number of aromatic nitrogens is 2. The first-order valence-electron chi connectivity index (χ1n) is 8.27. The van der Waals surface area contributed by atoms with Crippen LogP contribution in [0.2, 0.25) is 0 Å². The summed E-state index contributed by atoms with van der Waals surface area (Å²) in [5.41, 5.74) is 6.28. The quantitative estimate of drug-likeness (QED) is 0.828. The van der Waals surface area contributed by atoms with Crippen molar-refractivity contribution in [1.29, 1.82) is 0 Å². The van der Waals surface area contributed by atoms with Gasteiger partial charge in [0, 0.05) is 32.4 Å². The molecule has 2 aromatic rings. The van der Waals surface area contributed by atoms with Crippen molar-refractivity contribution in [3.8, 4) is 0 Å². The summed E-state index contributed by atoms with van der Waals surface area (Å²) in [6, 6.07) is 12.1. The molecule has 6 nitrogen and oxygen atoms in total. The molecule has 1 aliphatic rings. The minimum absolute atomic E-state index is 0.474. The topological polar surface area (TPSA) is 78.5 Å². The number of rotatable bonds is 6. The van der Waals surface area contributed by atoms with E-state index in [0.717, 1.165) is 19.5 Å². The minimum Gasteiger partial charge on any atom is -0.387 e. The highest BCUT2D eigenvalue weighted by atomic mass is 16.3. The Morgan fingerprint density at radius 3 is 2.83 bits per heavy atom. The Bertz CT molecular complexity index is 665. The molecule has 0 saturated carbocycles. The number of likely N-dealkylation sites (N-methyl/N-ethyl adjacent to an activating group) is 1. The van der Waals surface area contributed by atoms with Gasteiger partial charge in [0.2, 0.25) is 0 Å². The Kier molecular flexibility index (Phi) is 5.08. The normalized spacial score (nSPS) is 21.5. The van der Waals surface area contributed by atoms with E-state index >= 15 is 0 Å². The van der Waals surface area contributed by atoms with Crippen LogP contribution in [0.25, 0.3) is 0 Å². The summed E-state index contributed by atoms with van der Waals surface area (Å²) in [4.78, 5) is 12.8. The second-order valence-electron chi connectivity index (χ2n) is 6.74. The van der Waals surface area contributed by atoms with Crippen molar-refractivity contribution in [2.24, 2.45) is 0 Å². The zero-order chi connectivity index (χ0) is 17.0. The number of nitrogen functional groups attached to an aromatic ring is 1. The fraction of sp³-hybridized carbons (Fsp3) is 0.444. The summed E-state index contributed by atoms with van der Waals surface area (Å²) in [7, 11) is 1.98. The summed E-state index contributed by atoms with van der Waals surface area (Å²) in [5.74, 6) is 1.15. The number of hydrogen-bond acceptors (Lipinski definition) is 6. The van der Waals surface area contributed by atoms with Crippen LogP contribution in [0.5, 0.6) is 0 Å². The highest BCUT2D eigenvalue weighted by Gasteiger charge is 2.36. The van der Waals surface area contributed by atoms with Gasteiger partial charge in [-0.15, -0.1) is 0 Å². The fourth-order valence-electron chi connectivity index (χ4n) is 3.34. The van der Waals surface area contributed by atoms with Crippen LogP contribution in [-0.2, 0) is 13.1 Å². The summed E-state index contributed by atoms with van der Waals surface area (Å²) < 4.78 is 0. The van der Waals surface area contributed by atoms with Crippen molar-refractivity contribution in [3.05, 3.63) is 54.0 Å². The lowest BCUT2D eigenvalue weighted by Crippen LogP contribution is -2.43. The highest BCUT2D eigenvalue weighted by molar-refractivity contribution is 5.25.